The van der Waals surface area contributed by atoms with Crippen LogP contribution in [0.25, 0.3) is 11.1 Å². The maximum absolute atomic E-state index is 11.6. The first kappa shape index (κ1) is 16.2. The molecule has 3 N–H and O–H groups in total. The van der Waals surface area contributed by atoms with Gasteiger partial charge in [-0.15, -0.1) is 0 Å². The van der Waals surface area contributed by atoms with Gasteiger partial charge in [0.25, 0.3) is 0 Å². The molecule has 0 spiro atoms. The Morgan fingerprint density at radius 1 is 1.00 bits per heavy atom. The lowest BCUT2D eigenvalue weighted by Gasteiger charge is -2.28. The molecule has 0 aromatic heterocycles. The number of amides is 1. The van der Waals surface area contributed by atoms with Gasteiger partial charge in [-0.05, 0) is 22.1 Å². The van der Waals surface area contributed by atoms with Crippen LogP contribution in [0, 0.1) is 5.41 Å². The highest BCUT2D eigenvalue weighted by Gasteiger charge is 2.28. The average Bonchev–Trinajstić information content (AvgIpc) is 2.47. The monoisotopic (exact) mass is 296 g/mol. The Balaban J connectivity index is 2.04. The molecule has 116 valence electrons. The van der Waals surface area contributed by atoms with Crippen molar-refractivity contribution in [1.29, 1.82) is 0 Å². The molecular weight excluding hydrogens is 272 g/mol. The van der Waals surface area contributed by atoms with Crippen LogP contribution in [0.4, 0.5) is 0 Å². The maximum Gasteiger partial charge on any atom is 0.235 e. The van der Waals surface area contributed by atoms with Crippen LogP contribution in [-0.4, -0.2) is 11.9 Å². The van der Waals surface area contributed by atoms with E-state index < -0.39 is 0 Å². The fourth-order valence-electron chi connectivity index (χ4n) is 2.50. The van der Waals surface area contributed by atoms with E-state index in [0.717, 1.165) is 5.56 Å². The fraction of sp³-hybridized carbons (Fsp3) is 0.316. The largest absolute Gasteiger partial charge is 0.368 e. The Hall–Kier alpha value is -2.13. The van der Waals surface area contributed by atoms with Gasteiger partial charge in [-0.1, -0.05) is 75.4 Å². The molecule has 0 heterocycles. The summed E-state index contributed by atoms with van der Waals surface area (Å²) in [6.45, 7) is 6.65. The lowest BCUT2D eigenvalue weighted by Crippen LogP contribution is -2.49. The van der Waals surface area contributed by atoms with Gasteiger partial charge in [0.1, 0.15) is 0 Å². The Bertz CT molecular complexity index is 612. The minimum atomic E-state index is -0.346. The zero-order valence-electron chi connectivity index (χ0n) is 13.5. The number of nitrogens with two attached hydrogens (primary N) is 1. The number of benzene rings is 2. The summed E-state index contributed by atoms with van der Waals surface area (Å²) in [5, 5.41) is 3.26. The van der Waals surface area contributed by atoms with Gasteiger partial charge in [-0.25, -0.2) is 0 Å². The lowest BCUT2D eigenvalue weighted by atomic mass is 9.86. The Morgan fingerprint density at radius 2 is 1.55 bits per heavy atom. The minimum absolute atomic E-state index is 0.199. The highest BCUT2D eigenvalue weighted by atomic mass is 16.1. The van der Waals surface area contributed by atoms with Crippen LogP contribution in [0.3, 0.4) is 0 Å². The van der Waals surface area contributed by atoms with Crippen molar-refractivity contribution >= 4 is 5.91 Å². The summed E-state index contributed by atoms with van der Waals surface area (Å²) in [4.78, 5) is 11.6. The molecule has 0 bridgehead atoms. The predicted octanol–water partition coefficient (Wildman–Crippen LogP) is 3.34. The van der Waals surface area contributed by atoms with Crippen molar-refractivity contribution in [1.82, 2.24) is 5.32 Å². The summed E-state index contributed by atoms with van der Waals surface area (Å²) in [7, 11) is 0. The average molecular weight is 296 g/mol. The zero-order chi connectivity index (χ0) is 16.2. The zero-order valence-corrected chi connectivity index (χ0v) is 13.5. The Morgan fingerprint density at radius 3 is 2.05 bits per heavy atom. The first-order valence-electron chi connectivity index (χ1n) is 7.55. The van der Waals surface area contributed by atoms with Crippen LogP contribution in [0.2, 0.25) is 0 Å². The van der Waals surface area contributed by atoms with E-state index in [1.807, 2.05) is 39.0 Å². The summed E-state index contributed by atoms with van der Waals surface area (Å²) >= 11 is 0. The van der Waals surface area contributed by atoms with Crippen LogP contribution in [-0.2, 0) is 11.3 Å². The number of primary amides is 1. The third-order valence-electron chi connectivity index (χ3n) is 3.72. The summed E-state index contributed by atoms with van der Waals surface area (Å²) in [6, 6.07) is 18.3. The van der Waals surface area contributed by atoms with Crippen molar-refractivity contribution in [2.24, 2.45) is 11.1 Å². The molecule has 3 heteroatoms. The van der Waals surface area contributed by atoms with Gasteiger partial charge in [0, 0.05) is 6.54 Å². The van der Waals surface area contributed by atoms with Crippen molar-refractivity contribution in [2.45, 2.75) is 33.4 Å². The molecule has 1 unspecified atom stereocenters. The van der Waals surface area contributed by atoms with Crippen molar-refractivity contribution in [3.05, 3.63) is 60.2 Å². The summed E-state index contributed by atoms with van der Waals surface area (Å²) < 4.78 is 0. The molecule has 3 nitrogen and oxygen atoms in total. The van der Waals surface area contributed by atoms with E-state index in [9.17, 15) is 4.79 Å². The molecule has 0 aliphatic rings. The van der Waals surface area contributed by atoms with E-state index in [1.54, 1.807) is 0 Å². The van der Waals surface area contributed by atoms with Gasteiger partial charge in [0.2, 0.25) is 5.91 Å². The Kier molecular flexibility index (Phi) is 4.99. The second-order valence-electron chi connectivity index (χ2n) is 6.65. The van der Waals surface area contributed by atoms with Gasteiger partial charge >= 0.3 is 0 Å². The van der Waals surface area contributed by atoms with Crippen molar-refractivity contribution in [3.63, 3.8) is 0 Å². The highest BCUT2D eigenvalue weighted by molar-refractivity contribution is 5.80. The predicted molar refractivity (Wildman–Crippen MR) is 91.2 cm³/mol. The number of hydrogen-bond donors (Lipinski definition) is 2. The van der Waals surface area contributed by atoms with Crippen LogP contribution in [0.5, 0.6) is 0 Å². The molecule has 0 fully saturated rings. The molecule has 2 aromatic carbocycles. The van der Waals surface area contributed by atoms with Crippen molar-refractivity contribution in [3.8, 4) is 11.1 Å². The third kappa shape index (κ3) is 4.18. The molecule has 0 aliphatic carbocycles. The van der Waals surface area contributed by atoms with Gasteiger partial charge in [0.15, 0.2) is 0 Å². The molecular formula is C19H24N2O. The number of carbonyl (C=O) groups is 1. The molecule has 0 aliphatic heterocycles. The second-order valence-corrected chi connectivity index (χ2v) is 6.65. The van der Waals surface area contributed by atoms with Gasteiger partial charge < -0.3 is 11.1 Å². The second kappa shape index (κ2) is 6.75. The number of carbonyl (C=O) groups excluding carboxylic acids is 1. The molecule has 2 rings (SSSR count). The quantitative estimate of drug-likeness (QED) is 0.889. The van der Waals surface area contributed by atoms with Crippen LogP contribution >= 0.6 is 0 Å². The first-order chi connectivity index (χ1) is 10.4. The topological polar surface area (TPSA) is 55.1 Å². The molecule has 22 heavy (non-hydrogen) atoms. The molecule has 0 radical (unpaired) electrons. The number of rotatable bonds is 5. The summed E-state index contributed by atoms with van der Waals surface area (Å²) in [5.41, 5.74) is 8.81. The van der Waals surface area contributed by atoms with Gasteiger partial charge in [-0.3, -0.25) is 4.79 Å². The van der Waals surface area contributed by atoms with Crippen LogP contribution in [0.15, 0.2) is 54.6 Å². The summed E-state index contributed by atoms with van der Waals surface area (Å²) in [5.74, 6) is -0.312. The molecule has 0 saturated carbocycles. The first-order valence-corrected chi connectivity index (χ1v) is 7.55. The molecule has 1 amide bonds. The highest BCUT2D eigenvalue weighted by Crippen LogP contribution is 2.21. The van der Waals surface area contributed by atoms with Gasteiger partial charge in [-0.2, -0.15) is 0 Å². The lowest BCUT2D eigenvalue weighted by molar-refractivity contribution is -0.122. The van der Waals surface area contributed by atoms with Crippen molar-refractivity contribution < 1.29 is 4.79 Å². The normalized spacial score (nSPS) is 12.9. The van der Waals surface area contributed by atoms with Crippen molar-refractivity contribution in [2.75, 3.05) is 0 Å². The minimum Gasteiger partial charge on any atom is -0.368 e. The van der Waals surface area contributed by atoms with E-state index in [2.05, 4.69) is 41.7 Å². The smallest absolute Gasteiger partial charge is 0.235 e. The Labute approximate surface area is 132 Å². The maximum atomic E-state index is 11.6. The molecule has 1 atom stereocenters. The summed E-state index contributed by atoms with van der Waals surface area (Å²) in [6.07, 6.45) is 0. The molecule has 0 saturated heterocycles. The van der Waals surface area contributed by atoms with E-state index in [-0.39, 0.29) is 17.4 Å². The van der Waals surface area contributed by atoms with E-state index in [4.69, 9.17) is 5.73 Å². The van der Waals surface area contributed by atoms with Crippen LogP contribution < -0.4 is 11.1 Å². The standard InChI is InChI=1S/C19H24N2O/c1-19(2,3)17(18(20)22)21-13-14-9-11-16(12-10-14)15-7-5-4-6-8-15/h4-12,17,21H,13H2,1-3H3,(H2,20,22). The van der Waals surface area contributed by atoms with E-state index >= 15 is 0 Å². The fourth-order valence-corrected chi connectivity index (χ4v) is 2.50. The molecule has 2 aromatic rings. The van der Waals surface area contributed by atoms with Gasteiger partial charge in [0.05, 0.1) is 6.04 Å². The van der Waals surface area contributed by atoms with Crippen LogP contribution in [0.1, 0.15) is 26.3 Å². The third-order valence-corrected chi connectivity index (χ3v) is 3.72. The SMILES string of the molecule is CC(C)(C)C(NCc1ccc(-c2ccccc2)cc1)C(N)=O. The number of hydrogen-bond acceptors (Lipinski definition) is 2. The van der Waals surface area contributed by atoms with E-state index in [0.29, 0.717) is 6.54 Å². The van der Waals surface area contributed by atoms with E-state index in [1.165, 1.54) is 11.1 Å². The number of nitrogens with one attached hydrogen (secondary N) is 1.